The molecule has 0 heterocycles. The Morgan fingerprint density at radius 2 is 2.00 bits per heavy atom. The van der Waals surface area contributed by atoms with Crippen LogP contribution in [0.15, 0.2) is 0 Å². The fourth-order valence-electron chi connectivity index (χ4n) is 0.841. The molecular formula is C11H18N2O3. The molecule has 0 bridgehead atoms. The Bertz CT molecular complexity index is 299. The SMILES string of the molecule is C#CCNC(=O)[C@@H](C)NC(=O)OC(C)(C)C. The molecule has 0 fully saturated rings. The van der Waals surface area contributed by atoms with Gasteiger partial charge in [-0.1, -0.05) is 5.92 Å². The van der Waals surface area contributed by atoms with E-state index in [4.69, 9.17) is 11.2 Å². The number of ether oxygens (including phenoxy) is 1. The van der Waals surface area contributed by atoms with Gasteiger partial charge in [-0.05, 0) is 27.7 Å². The number of nitrogens with one attached hydrogen (secondary N) is 2. The monoisotopic (exact) mass is 226 g/mol. The molecule has 0 aliphatic heterocycles. The van der Waals surface area contributed by atoms with Crippen LogP contribution < -0.4 is 10.6 Å². The summed E-state index contributed by atoms with van der Waals surface area (Å²) in [5.74, 6) is 1.93. The molecule has 1 atom stereocenters. The van der Waals surface area contributed by atoms with Crippen LogP contribution in [-0.2, 0) is 9.53 Å². The summed E-state index contributed by atoms with van der Waals surface area (Å²) in [5.41, 5.74) is -0.584. The highest BCUT2D eigenvalue weighted by atomic mass is 16.6. The van der Waals surface area contributed by atoms with Crippen molar-refractivity contribution in [3.8, 4) is 12.3 Å². The van der Waals surface area contributed by atoms with Crippen LogP contribution in [0.3, 0.4) is 0 Å². The average Bonchev–Trinajstić information content (AvgIpc) is 2.10. The maximum atomic E-state index is 11.3. The predicted octanol–water partition coefficient (Wildman–Crippen LogP) is 0.649. The van der Waals surface area contributed by atoms with Gasteiger partial charge >= 0.3 is 6.09 Å². The van der Waals surface area contributed by atoms with Crippen molar-refractivity contribution in [3.05, 3.63) is 0 Å². The number of alkyl carbamates (subject to hydrolysis) is 1. The topological polar surface area (TPSA) is 67.4 Å². The molecule has 0 aromatic heterocycles. The molecule has 5 nitrogen and oxygen atoms in total. The van der Waals surface area contributed by atoms with E-state index in [-0.39, 0.29) is 12.5 Å². The molecule has 90 valence electrons. The van der Waals surface area contributed by atoms with Gasteiger partial charge in [-0.25, -0.2) is 4.79 Å². The molecule has 16 heavy (non-hydrogen) atoms. The minimum atomic E-state index is -0.678. The molecule has 0 aromatic carbocycles. The van der Waals surface area contributed by atoms with E-state index >= 15 is 0 Å². The van der Waals surface area contributed by atoms with Crippen LogP contribution in [0.2, 0.25) is 0 Å². The second-order valence-electron chi connectivity index (χ2n) is 4.29. The van der Waals surface area contributed by atoms with Crippen LogP contribution in [0.4, 0.5) is 4.79 Å². The lowest BCUT2D eigenvalue weighted by atomic mass is 10.2. The van der Waals surface area contributed by atoms with E-state index in [1.165, 1.54) is 0 Å². The lowest BCUT2D eigenvalue weighted by molar-refractivity contribution is -0.122. The Labute approximate surface area is 95.9 Å². The molecule has 0 aliphatic rings. The molecule has 0 rings (SSSR count). The van der Waals surface area contributed by atoms with E-state index in [9.17, 15) is 9.59 Å². The third kappa shape index (κ3) is 6.71. The number of hydrogen-bond acceptors (Lipinski definition) is 3. The van der Waals surface area contributed by atoms with Gasteiger partial charge in [-0.2, -0.15) is 0 Å². The van der Waals surface area contributed by atoms with Crippen molar-refractivity contribution < 1.29 is 14.3 Å². The Balaban J connectivity index is 4.05. The maximum absolute atomic E-state index is 11.3. The molecule has 0 spiro atoms. The van der Waals surface area contributed by atoms with Crippen molar-refractivity contribution in [2.45, 2.75) is 39.3 Å². The summed E-state index contributed by atoms with van der Waals surface area (Å²) < 4.78 is 4.99. The summed E-state index contributed by atoms with van der Waals surface area (Å²) in [7, 11) is 0. The molecule has 0 radical (unpaired) electrons. The molecule has 0 saturated heterocycles. The lowest BCUT2D eigenvalue weighted by Crippen LogP contribution is -2.46. The second-order valence-corrected chi connectivity index (χ2v) is 4.29. The molecule has 0 aromatic rings. The quantitative estimate of drug-likeness (QED) is 0.694. The first-order chi connectivity index (χ1) is 7.26. The molecule has 2 amide bonds. The molecule has 5 heteroatoms. The summed E-state index contributed by atoms with van der Waals surface area (Å²) in [6.07, 6.45) is 4.36. The van der Waals surface area contributed by atoms with Crippen LogP contribution in [0.25, 0.3) is 0 Å². The Hall–Kier alpha value is -1.70. The average molecular weight is 226 g/mol. The predicted molar refractivity (Wildman–Crippen MR) is 60.7 cm³/mol. The van der Waals surface area contributed by atoms with E-state index in [2.05, 4.69) is 16.6 Å². The van der Waals surface area contributed by atoms with E-state index in [0.717, 1.165) is 0 Å². The second kappa shape index (κ2) is 6.01. The molecule has 2 N–H and O–H groups in total. The van der Waals surface area contributed by atoms with Crippen molar-refractivity contribution in [2.75, 3.05) is 6.54 Å². The smallest absolute Gasteiger partial charge is 0.408 e. The zero-order chi connectivity index (χ0) is 12.8. The first kappa shape index (κ1) is 14.3. The number of carbonyl (C=O) groups is 2. The van der Waals surface area contributed by atoms with E-state index in [1.54, 1.807) is 27.7 Å². The van der Waals surface area contributed by atoms with Gasteiger partial charge in [0.05, 0.1) is 6.54 Å². The van der Waals surface area contributed by atoms with Crippen LogP contribution in [0, 0.1) is 12.3 Å². The Morgan fingerprint density at radius 3 is 2.44 bits per heavy atom. The normalized spacial score (nSPS) is 12.2. The van der Waals surface area contributed by atoms with Crippen LogP contribution in [-0.4, -0.2) is 30.2 Å². The van der Waals surface area contributed by atoms with Gasteiger partial charge in [0, 0.05) is 0 Å². The van der Waals surface area contributed by atoms with Crippen LogP contribution in [0.1, 0.15) is 27.7 Å². The van der Waals surface area contributed by atoms with Gasteiger partial charge in [0.25, 0.3) is 0 Å². The van der Waals surface area contributed by atoms with Gasteiger partial charge in [0.15, 0.2) is 0 Å². The Kier molecular flexibility index (Phi) is 5.37. The molecular weight excluding hydrogens is 208 g/mol. The summed E-state index contributed by atoms with van der Waals surface area (Å²) in [4.78, 5) is 22.6. The summed E-state index contributed by atoms with van der Waals surface area (Å²) in [6.45, 7) is 6.93. The summed E-state index contributed by atoms with van der Waals surface area (Å²) in [6, 6.07) is -0.678. The van der Waals surface area contributed by atoms with Crippen molar-refractivity contribution in [3.63, 3.8) is 0 Å². The fourth-order valence-corrected chi connectivity index (χ4v) is 0.841. The number of rotatable bonds is 3. The number of carbonyl (C=O) groups excluding carboxylic acids is 2. The molecule has 0 unspecified atom stereocenters. The van der Waals surface area contributed by atoms with Crippen LogP contribution in [0.5, 0.6) is 0 Å². The number of terminal acetylenes is 1. The van der Waals surface area contributed by atoms with Gasteiger partial charge in [0.2, 0.25) is 5.91 Å². The fraction of sp³-hybridized carbons (Fsp3) is 0.636. The van der Waals surface area contributed by atoms with Crippen molar-refractivity contribution >= 4 is 12.0 Å². The standard InChI is InChI=1S/C11H18N2O3/c1-6-7-12-9(14)8(2)13-10(15)16-11(3,4)5/h1,8H,7H2,2-5H3,(H,12,14)(H,13,15)/t8-/m1/s1. The van der Waals surface area contributed by atoms with E-state index in [1.807, 2.05) is 0 Å². The largest absolute Gasteiger partial charge is 0.444 e. The number of amides is 2. The molecule has 0 saturated carbocycles. The van der Waals surface area contributed by atoms with Gasteiger partial charge in [-0.3, -0.25) is 4.79 Å². The van der Waals surface area contributed by atoms with Crippen molar-refractivity contribution in [1.82, 2.24) is 10.6 Å². The first-order valence-corrected chi connectivity index (χ1v) is 4.97. The highest BCUT2D eigenvalue weighted by Crippen LogP contribution is 2.06. The minimum absolute atomic E-state index is 0.138. The maximum Gasteiger partial charge on any atom is 0.408 e. The zero-order valence-electron chi connectivity index (χ0n) is 10.1. The van der Waals surface area contributed by atoms with Crippen molar-refractivity contribution in [2.24, 2.45) is 0 Å². The van der Waals surface area contributed by atoms with Gasteiger partial charge in [0.1, 0.15) is 11.6 Å². The number of hydrogen-bond donors (Lipinski definition) is 2. The Morgan fingerprint density at radius 1 is 1.44 bits per heavy atom. The van der Waals surface area contributed by atoms with Gasteiger partial charge in [-0.15, -0.1) is 6.42 Å². The highest BCUT2D eigenvalue weighted by molar-refractivity contribution is 5.85. The minimum Gasteiger partial charge on any atom is -0.444 e. The highest BCUT2D eigenvalue weighted by Gasteiger charge is 2.20. The van der Waals surface area contributed by atoms with Crippen molar-refractivity contribution in [1.29, 1.82) is 0 Å². The summed E-state index contributed by atoms with van der Waals surface area (Å²) >= 11 is 0. The van der Waals surface area contributed by atoms with Gasteiger partial charge < -0.3 is 15.4 Å². The first-order valence-electron chi connectivity index (χ1n) is 4.97. The zero-order valence-corrected chi connectivity index (χ0v) is 10.1. The molecule has 0 aliphatic carbocycles. The summed E-state index contributed by atoms with van der Waals surface area (Å²) in [5, 5.41) is 4.86. The van der Waals surface area contributed by atoms with E-state index in [0.29, 0.717) is 0 Å². The third-order valence-electron chi connectivity index (χ3n) is 1.49. The lowest BCUT2D eigenvalue weighted by Gasteiger charge is -2.21. The van der Waals surface area contributed by atoms with Crippen LogP contribution >= 0.6 is 0 Å². The third-order valence-corrected chi connectivity index (χ3v) is 1.49. The van der Waals surface area contributed by atoms with E-state index < -0.39 is 17.7 Å².